The number of anilines is 1. The molecule has 5 nitrogen and oxygen atoms in total. The predicted octanol–water partition coefficient (Wildman–Crippen LogP) is 1.85. The van der Waals surface area contributed by atoms with E-state index in [1.54, 1.807) is 19.1 Å². The third-order valence-electron chi connectivity index (χ3n) is 3.49. The number of alkyl halides is 3. The van der Waals surface area contributed by atoms with Crippen molar-refractivity contribution in [1.29, 1.82) is 0 Å². The smallest absolute Gasteiger partial charge is 0.333 e. The summed E-state index contributed by atoms with van der Waals surface area (Å²) in [7, 11) is 0. The Morgan fingerprint density at radius 2 is 2.05 bits per heavy atom. The Morgan fingerprint density at radius 1 is 1.41 bits per heavy atom. The molecule has 2 amide bonds. The molecule has 1 aromatic rings. The second-order valence-electron chi connectivity index (χ2n) is 5.08. The van der Waals surface area contributed by atoms with Crippen LogP contribution >= 0.6 is 0 Å². The summed E-state index contributed by atoms with van der Waals surface area (Å²) in [6, 6.07) is 3.29. The quantitative estimate of drug-likeness (QED) is 0.852. The molecule has 0 N–H and O–H groups in total. The third kappa shape index (κ3) is 3.75. The number of rotatable bonds is 4. The average Bonchev–Trinajstić information content (AvgIpc) is 2.80. The van der Waals surface area contributed by atoms with Crippen LogP contribution in [-0.4, -0.2) is 47.5 Å². The summed E-state index contributed by atoms with van der Waals surface area (Å²) >= 11 is 0. The van der Waals surface area contributed by atoms with Crippen LogP contribution in [0.5, 0.6) is 0 Å². The summed E-state index contributed by atoms with van der Waals surface area (Å²) in [6.07, 6.45) is -1.58. The van der Waals surface area contributed by atoms with Gasteiger partial charge in [-0.3, -0.25) is 14.6 Å². The molecule has 1 atom stereocenters. The van der Waals surface area contributed by atoms with Gasteiger partial charge in [0.15, 0.2) is 0 Å². The third-order valence-corrected chi connectivity index (χ3v) is 3.49. The highest BCUT2D eigenvalue weighted by atomic mass is 19.4. The van der Waals surface area contributed by atoms with Crippen LogP contribution in [0.3, 0.4) is 0 Å². The van der Waals surface area contributed by atoms with E-state index in [-0.39, 0.29) is 18.9 Å². The van der Waals surface area contributed by atoms with Crippen molar-refractivity contribution in [2.24, 2.45) is 5.92 Å². The fourth-order valence-electron chi connectivity index (χ4n) is 2.52. The minimum absolute atomic E-state index is 0.184. The number of nitrogens with zero attached hydrogens (tertiary/aromatic N) is 3. The fourth-order valence-corrected chi connectivity index (χ4v) is 2.52. The van der Waals surface area contributed by atoms with Crippen molar-refractivity contribution in [1.82, 2.24) is 9.88 Å². The molecule has 1 aliphatic rings. The predicted molar refractivity (Wildman–Crippen MR) is 73.0 cm³/mol. The summed E-state index contributed by atoms with van der Waals surface area (Å²) in [5.41, 5.74) is 0.615. The van der Waals surface area contributed by atoms with Gasteiger partial charge in [0, 0.05) is 37.6 Å². The van der Waals surface area contributed by atoms with Gasteiger partial charge in [-0.2, -0.15) is 13.2 Å². The molecule has 0 aliphatic carbocycles. The van der Waals surface area contributed by atoms with E-state index in [0.717, 1.165) is 0 Å². The van der Waals surface area contributed by atoms with E-state index in [4.69, 9.17) is 0 Å². The van der Waals surface area contributed by atoms with Crippen LogP contribution in [0.25, 0.3) is 0 Å². The molecular formula is C14H16F3N3O2. The van der Waals surface area contributed by atoms with E-state index in [0.29, 0.717) is 17.1 Å². The lowest BCUT2D eigenvalue weighted by molar-refractivity contribution is -0.157. The Bertz CT molecular complexity index is 548. The van der Waals surface area contributed by atoms with Gasteiger partial charge in [-0.15, -0.1) is 0 Å². The first-order valence-corrected chi connectivity index (χ1v) is 6.87. The van der Waals surface area contributed by atoms with Crippen LogP contribution in [0.4, 0.5) is 18.9 Å². The Morgan fingerprint density at radius 3 is 2.59 bits per heavy atom. The van der Waals surface area contributed by atoms with Gasteiger partial charge in [0.1, 0.15) is 6.54 Å². The Kier molecular flexibility index (Phi) is 4.68. The van der Waals surface area contributed by atoms with E-state index >= 15 is 0 Å². The highest BCUT2D eigenvalue weighted by Gasteiger charge is 2.41. The molecule has 1 saturated heterocycles. The van der Waals surface area contributed by atoms with Crippen molar-refractivity contribution in [3.63, 3.8) is 0 Å². The lowest BCUT2D eigenvalue weighted by Gasteiger charge is -2.24. The zero-order chi connectivity index (χ0) is 16.3. The molecule has 0 radical (unpaired) electrons. The molecule has 0 bridgehead atoms. The average molecular weight is 315 g/mol. The van der Waals surface area contributed by atoms with Crippen LogP contribution in [0.1, 0.15) is 13.3 Å². The molecule has 22 heavy (non-hydrogen) atoms. The van der Waals surface area contributed by atoms with Crippen molar-refractivity contribution >= 4 is 17.5 Å². The highest BCUT2D eigenvalue weighted by molar-refractivity contribution is 5.98. The number of carbonyl (C=O) groups is 2. The van der Waals surface area contributed by atoms with Crippen molar-refractivity contribution in [2.45, 2.75) is 19.5 Å². The van der Waals surface area contributed by atoms with E-state index in [1.807, 2.05) is 0 Å². The van der Waals surface area contributed by atoms with Crippen LogP contribution in [0.2, 0.25) is 0 Å². The molecule has 0 spiro atoms. The number of halogens is 3. The molecule has 120 valence electrons. The summed E-state index contributed by atoms with van der Waals surface area (Å²) in [5.74, 6) is -1.73. The van der Waals surface area contributed by atoms with Gasteiger partial charge in [-0.05, 0) is 19.1 Å². The van der Waals surface area contributed by atoms with Crippen molar-refractivity contribution in [2.75, 3.05) is 24.5 Å². The second-order valence-corrected chi connectivity index (χ2v) is 5.08. The summed E-state index contributed by atoms with van der Waals surface area (Å²) in [5, 5.41) is 0. The van der Waals surface area contributed by atoms with E-state index in [1.165, 1.54) is 17.3 Å². The number of hydrogen-bond donors (Lipinski definition) is 0. The molecule has 2 heterocycles. The van der Waals surface area contributed by atoms with E-state index in [9.17, 15) is 22.8 Å². The first kappa shape index (κ1) is 16.3. The largest absolute Gasteiger partial charge is 0.406 e. The Labute approximate surface area is 125 Å². The van der Waals surface area contributed by atoms with Crippen LogP contribution in [0.15, 0.2) is 24.5 Å². The van der Waals surface area contributed by atoms with Crippen LogP contribution in [-0.2, 0) is 9.59 Å². The molecule has 1 aliphatic heterocycles. The summed E-state index contributed by atoms with van der Waals surface area (Å²) < 4.78 is 37.2. The van der Waals surface area contributed by atoms with Crippen molar-refractivity contribution in [3.8, 4) is 0 Å². The highest BCUT2D eigenvalue weighted by Crippen LogP contribution is 2.26. The van der Waals surface area contributed by atoms with Gasteiger partial charge in [0.05, 0.1) is 5.92 Å². The topological polar surface area (TPSA) is 53.5 Å². The lowest BCUT2D eigenvalue weighted by atomic mass is 10.1. The van der Waals surface area contributed by atoms with Crippen LogP contribution in [0, 0.1) is 5.92 Å². The number of likely N-dealkylation sites (tertiary alicyclic amines) is 1. The van der Waals surface area contributed by atoms with Crippen LogP contribution < -0.4 is 4.90 Å². The Balaban J connectivity index is 2.08. The number of amides is 2. The fraction of sp³-hybridized carbons (Fsp3) is 0.500. The summed E-state index contributed by atoms with van der Waals surface area (Å²) in [6.45, 7) is 0.630. The van der Waals surface area contributed by atoms with Gasteiger partial charge in [0.25, 0.3) is 0 Å². The first-order chi connectivity index (χ1) is 10.3. The molecule has 2 rings (SSSR count). The molecule has 0 aromatic carbocycles. The number of hydrogen-bond acceptors (Lipinski definition) is 3. The minimum atomic E-state index is -4.46. The van der Waals surface area contributed by atoms with Gasteiger partial charge < -0.3 is 9.80 Å². The van der Waals surface area contributed by atoms with Crippen molar-refractivity contribution < 1.29 is 22.8 Å². The van der Waals surface area contributed by atoms with Crippen molar-refractivity contribution in [3.05, 3.63) is 24.5 Å². The lowest BCUT2D eigenvalue weighted by Crippen LogP contribution is -2.39. The monoisotopic (exact) mass is 315 g/mol. The normalized spacial score (nSPS) is 18.6. The van der Waals surface area contributed by atoms with E-state index in [2.05, 4.69) is 4.98 Å². The molecule has 0 unspecified atom stereocenters. The number of carbonyl (C=O) groups excluding carboxylic acids is 2. The maximum Gasteiger partial charge on any atom is 0.406 e. The van der Waals surface area contributed by atoms with Gasteiger partial charge >= 0.3 is 6.18 Å². The van der Waals surface area contributed by atoms with Gasteiger partial charge in [-0.1, -0.05) is 0 Å². The maximum absolute atomic E-state index is 12.5. The molecule has 1 fully saturated rings. The van der Waals surface area contributed by atoms with Gasteiger partial charge in [-0.25, -0.2) is 0 Å². The number of pyridine rings is 1. The Hall–Kier alpha value is -2.12. The second kappa shape index (κ2) is 6.33. The van der Waals surface area contributed by atoms with E-state index < -0.39 is 24.5 Å². The molecular weight excluding hydrogens is 299 g/mol. The molecule has 0 saturated carbocycles. The minimum Gasteiger partial charge on any atom is -0.333 e. The number of aromatic nitrogens is 1. The maximum atomic E-state index is 12.5. The first-order valence-electron chi connectivity index (χ1n) is 6.87. The molecule has 1 aromatic heterocycles. The summed E-state index contributed by atoms with van der Waals surface area (Å²) in [4.78, 5) is 30.1. The standard InChI is InChI=1S/C14H16F3N3O2/c1-2-20(11-3-5-18-6-4-11)13(22)10-7-12(21)19(8-10)9-14(15,16)17/h3-6,10H,2,7-9H2,1H3/t10-/m0/s1. The van der Waals surface area contributed by atoms with Gasteiger partial charge in [0.2, 0.25) is 11.8 Å². The SMILES string of the molecule is CCN(C(=O)[C@H]1CC(=O)N(CC(F)(F)F)C1)c1ccncc1. The molecule has 8 heteroatoms. The zero-order valence-corrected chi connectivity index (χ0v) is 12.0. The zero-order valence-electron chi connectivity index (χ0n) is 12.0.